The summed E-state index contributed by atoms with van der Waals surface area (Å²) in [6.07, 6.45) is 0.133. The molecule has 7 heteroatoms. The van der Waals surface area contributed by atoms with Gasteiger partial charge in [-0.25, -0.2) is 9.18 Å². The molecule has 0 aliphatic carbocycles. The van der Waals surface area contributed by atoms with E-state index in [2.05, 4.69) is 10.1 Å². The predicted octanol–water partition coefficient (Wildman–Crippen LogP) is 0.689. The Balaban J connectivity index is 2.57. The van der Waals surface area contributed by atoms with Gasteiger partial charge >= 0.3 is 5.97 Å². The van der Waals surface area contributed by atoms with Crippen LogP contribution in [0.2, 0.25) is 0 Å². The van der Waals surface area contributed by atoms with Gasteiger partial charge in [-0.3, -0.25) is 4.79 Å². The zero-order valence-corrected chi connectivity index (χ0v) is 12.6. The first-order chi connectivity index (χ1) is 10.6. The van der Waals surface area contributed by atoms with Crippen LogP contribution in [-0.4, -0.2) is 52.0 Å². The number of benzene rings is 1. The molecule has 1 aromatic carbocycles. The summed E-state index contributed by atoms with van der Waals surface area (Å²) >= 11 is 0. The van der Waals surface area contributed by atoms with Gasteiger partial charge in [-0.2, -0.15) is 0 Å². The maximum atomic E-state index is 13.2. The van der Waals surface area contributed by atoms with Crippen LogP contribution in [0.1, 0.15) is 5.56 Å². The molecule has 0 saturated carbocycles. The molecule has 1 atom stereocenters. The van der Waals surface area contributed by atoms with Gasteiger partial charge in [0.1, 0.15) is 18.5 Å². The fourth-order valence-electron chi connectivity index (χ4n) is 1.78. The van der Waals surface area contributed by atoms with E-state index in [1.165, 1.54) is 32.4 Å². The second kappa shape index (κ2) is 9.86. The molecule has 0 aliphatic rings. The minimum absolute atomic E-state index is 0.133. The average Bonchev–Trinajstić information content (AvgIpc) is 2.50. The third-order valence-corrected chi connectivity index (χ3v) is 2.81. The fourth-order valence-corrected chi connectivity index (χ4v) is 1.78. The largest absolute Gasteiger partial charge is 0.467 e. The number of ether oxygens (including phenoxy) is 3. The van der Waals surface area contributed by atoms with Gasteiger partial charge in [-0.15, -0.1) is 0 Å². The lowest BCUT2D eigenvalue weighted by molar-refractivity contribution is -0.145. The maximum absolute atomic E-state index is 13.2. The molecule has 0 radical (unpaired) electrons. The van der Waals surface area contributed by atoms with E-state index < -0.39 is 23.7 Å². The van der Waals surface area contributed by atoms with Gasteiger partial charge in [0.2, 0.25) is 5.91 Å². The zero-order valence-electron chi connectivity index (χ0n) is 12.6. The lowest BCUT2D eigenvalue weighted by Crippen LogP contribution is -2.44. The number of nitrogens with one attached hydrogen (secondary N) is 1. The van der Waals surface area contributed by atoms with Gasteiger partial charge in [0.05, 0.1) is 20.3 Å². The minimum Gasteiger partial charge on any atom is -0.467 e. The van der Waals surface area contributed by atoms with Gasteiger partial charge in [-0.1, -0.05) is 12.1 Å². The van der Waals surface area contributed by atoms with Crippen LogP contribution in [0, 0.1) is 5.82 Å². The van der Waals surface area contributed by atoms with E-state index in [0.29, 0.717) is 12.2 Å². The third kappa shape index (κ3) is 6.64. The summed E-state index contributed by atoms with van der Waals surface area (Å²) in [4.78, 5) is 23.5. The first-order valence-corrected chi connectivity index (χ1v) is 6.75. The van der Waals surface area contributed by atoms with E-state index >= 15 is 0 Å². The van der Waals surface area contributed by atoms with Crippen molar-refractivity contribution >= 4 is 11.9 Å². The van der Waals surface area contributed by atoms with Crippen LogP contribution in [-0.2, 0) is 30.2 Å². The molecule has 0 unspecified atom stereocenters. The second-order valence-electron chi connectivity index (χ2n) is 4.52. The molecule has 0 spiro atoms. The number of methoxy groups -OCH3 is 2. The Labute approximate surface area is 128 Å². The Morgan fingerprint density at radius 3 is 2.68 bits per heavy atom. The minimum atomic E-state index is -0.898. The molecule has 22 heavy (non-hydrogen) atoms. The molecule has 1 aromatic rings. The van der Waals surface area contributed by atoms with Crippen molar-refractivity contribution < 1.29 is 28.2 Å². The topological polar surface area (TPSA) is 73.9 Å². The molecule has 0 aromatic heterocycles. The summed E-state index contributed by atoms with van der Waals surface area (Å²) in [5, 5.41) is 2.51. The summed E-state index contributed by atoms with van der Waals surface area (Å²) in [6, 6.07) is 4.91. The van der Waals surface area contributed by atoms with Gasteiger partial charge in [0.25, 0.3) is 0 Å². The standard InChI is InChI=1S/C15H20FNO5/c1-20-6-7-22-10-14(18)17-13(15(19)21-2)9-11-4-3-5-12(16)8-11/h3-5,8,13H,6-7,9-10H2,1-2H3,(H,17,18)/t13-/m0/s1. The Morgan fingerprint density at radius 2 is 2.05 bits per heavy atom. The van der Waals surface area contributed by atoms with Crippen molar-refractivity contribution in [2.45, 2.75) is 12.5 Å². The second-order valence-corrected chi connectivity index (χ2v) is 4.52. The van der Waals surface area contributed by atoms with E-state index in [-0.39, 0.29) is 19.6 Å². The highest BCUT2D eigenvalue weighted by molar-refractivity contribution is 5.85. The van der Waals surface area contributed by atoms with Crippen LogP contribution < -0.4 is 5.32 Å². The first-order valence-electron chi connectivity index (χ1n) is 6.75. The quantitative estimate of drug-likeness (QED) is 0.536. The van der Waals surface area contributed by atoms with Crippen molar-refractivity contribution in [3.05, 3.63) is 35.6 Å². The van der Waals surface area contributed by atoms with Crippen LogP contribution in [0.5, 0.6) is 0 Å². The number of halogens is 1. The van der Waals surface area contributed by atoms with E-state index in [0.717, 1.165) is 0 Å². The Kier molecular flexibility index (Phi) is 8.09. The highest BCUT2D eigenvalue weighted by Crippen LogP contribution is 2.07. The van der Waals surface area contributed by atoms with Gasteiger partial charge in [0.15, 0.2) is 0 Å². The van der Waals surface area contributed by atoms with Gasteiger partial charge in [0, 0.05) is 13.5 Å². The van der Waals surface area contributed by atoms with Crippen LogP contribution >= 0.6 is 0 Å². The molecule has 0 saturated heterocycles. The van der Waals surface area contributed by atoms with Crippen molar-refractivity contribution in [1.29, 1.82) is 0 Å². The van der Waals surface area contributed by atoms with Crippen molar-refractivity contribution in [1.82, 2.24) is 5.32 Å². The van der Waals surface area contributed by atoms with Crippen molar-refractivity contribution in [3.63, 3.8) is 0 Å². The summed E-state index contributed by atoms with van der Waals surface area (Å²) in [7, 11) is 2.75. The molecule has 1 amide bonds. The normalized spacial score (nSPS) is 11.8. The fraction of sp³-hybridized carbons (Fsp3) is 0.467. The third-order valence-electron chi connectivity index (χ3n) is 2.81. The first kappa shape index (κ1) is 18.1. The monoisotopic (exact) mass is 313 g/mol. The molecule has 1 N–H and O–H groups in total. The summed E-state index contributed by atoms with van der Waals surface area (Å²) in [5.41, 5.74) is 0.580. The highest BCUT2D eigenvalue weighted by atomic mass is 19.1. The number of esters is 1. The lowest BCUT2D eigenvalue weighted by atomic mass is 10.1. The lowest BCUT2D eigenvalue weighted by Gasteiger charge is -2.16. The molecule has 0 heterocycles. The van der Waals surface area contributed by atoms with Crippen LogP contribution in [0.3, 0.4) is 0 Å². The van der Waals surface area contributed by atoms with Crippen LogP contribution in [0.4, 0.5) is 4.39 Å². The zero-order chi connectivity index (χ0) is 16.4. The molecular formula is C15H20FNO5. The summed E-state index contributed by atoms with van der Waals surface area (Å²) < 4.78 is 27.7. The van der Waals surface area contributed by atoms with E-state index in [4.69, 9.17) is 9.47 Å². The maximum Gasteiger partial charge on any atom is 0.328 e. The summed E-state index contributed by atoms with van der Waals surface area (Å²) in [6.45, 7) is 0.452. The predicted molar refractivity (Wildman–Crippen MR) is 76.7 cm³/mol. The molecule has 6 nitrogen and oxygen atoms in total. The number of amides is 1. The molecule has 0 bridgehead atoms. The van der Waals surface area contributed by atoms with Gasteiger partial charge < -0.3 is 19.5 Å². The smallest absolute Gasteiger partial charge is 0.328 e. The Bertz CT molecular complexity index is 495. The molecule has 1 rings (SSSR count). The number of carbonyl (C=O) groups is 2. The number of rotatable bonds is 9. The molecule has 0 fully saturated rings. The average molecular weight is 313 g/mol. The number of hydrogen-bond donors (Lipinski definition) is 1. The van der Waals surface area contributed by atoms with E-state index in [9.17, 15) is 14.0 Å². The SMILES string of the molecule is COCCOCC(=O)N[C@@H](Cc1cccc(F)c1)C(=O)OC. The highest BCUT2D eigenvalue weighted by Gasteiger charge is 2.22. The summed E-state index contributed by atoms with van der Waals surface area (Å²) in [5.74, 6) is -1.47. The van der Waals surface area contributed by atoms with Crippen molar-refractivity contribution in [3.8, 4) is 0 Å². The molecule has 122 valence electrons. The number of carbonyl (C=O) groups excluding carboxylic acids is 2. The van der Waals surface area contributed by atoms with Crippen molar-refractivity contribution in [2.75, 3.05) is 34.0 Å². The van der Waals surface area contributed by atoms with Crippen molar-refractivity contribution in [2.24, 2.45) is 0 Å². The van der Waals surface area contributed by atoms with Gasteiger partial charge in [-0.05, 0) is 17.7 Å². The molecular weight excluding hydrogens is 293 g/mol. The van der Waals surface area contributed by atoms with E-state index in [1.54, 1.807) is 6.07 Å². The van der Waals surface area contributed by atoms with Crippen LogP contribution in [0.25, 0.3) is 0 Å². The Morgan fingerprint density at radius 1 is 1.27 bits per heavy atom. The Hall–Kier alpha value is -1.99. The molecule has 0 aliphatic heterocycles. The van der Waals surface area contributed by atoms with Crippen LogP contribution in [0.15, 0.2) is 24.3 Å². The van der Waals surface area contributed by atoms with E-state index in [1.807, 2.05) is 0 Å². The number of hydrogen-bond acceptors (Lipinski definition) is 5.